The maximum absolute atomic E-state index is 10.3. The molecule has 0 aromatic heterocycles. The summed E-state index contributed by atoms with van der Waals surface area (Å²) in [5.74, 6) is -8.01. The first-order valence-electron chi connectivity index (χ1n) is 6.16. The molecule has 0 saturated carbocycles. The largest absolute Gasteiger partial charge is 1.00 e. The van der Waals surface area contributed by atoms with Crippen LogP contribution < -0.4 is 29.6 Å². The molecule has 146 valence electrons. The summed E-state index contributed by atoms with van der Waals surface area (Å²) in [5.41, 5.74) is -2.74. The SMILES string of the molecule is CC(=O)O.O=C(O)CC(O)(CC(=O)O)C(=O)O.O=C(O)CCC(=O)O.[H-].[Na+]. The third-order valence-electron chi connectivity index (χ3n) is 1.84. The Hall–Kier alpha value is -2.22. The van der Waals surface area contributed by atoms with Gasteiger partial charge in [0.25, 0.3) is 5.97 Å². The van der Waals surface area contributed by atoms with Gasteiger partial charge in [0.1, 0.15) is 0 Å². The van der Waals surface area contributed by atoms with E-state index in [1.807, 2.05) is 0 Å². The van der Waals surface area contributed by atoms with Crippen LogP contribution in [0.5, 0.6) is 0 Å². The Morgan fingerprint density at radius 2 is 0.923 bits per heavy atom. The molecule has 0 amide bonds. The monoisotopic (exact) mass is 394 g/mol. The fourth-order valence-corrected chi connectivity index (χ4v) is 0.928. The standard InChI is InChI=1S/C6H8O7.C4H6O4.C2H4O2.Na.H/c7-3(8)1-6(13,5(11)12)2-4(9)10;5-3(6)1-2-4(7)8;1-2(3)4;;/h13H,1-2H2,(H,7,8)(H,9,10)(H,11,12);1-2H2,(H,5,6)(H,7,8);1H3,(H,3,4);;/q;;;+1;-1. The van der Waals surface area contributed by atoms with E-state index in [4.69, 9.17) is 40.5 Å². The molecule has 7 N–H and O–H groups in total. The molecule has 0 saturated heterocycles. The molecule has 26 heavy (non-hydrogen) atoms. The molecule has 0 aliphatic rings. The fraction of sp³-hybridized carbons (Fsp3) is 0.500. The van der Waals surface area contributed by atoms with E-state index in [-0.39, 0.29) is 43.8 Å². The number of aliphatic carboxylic acids is 6. The minimum Gasteiger partial charge on any atom is -1.00 e. The van der Waals surface area contributed by atoms with Crippen molar-refractivity contribution in [2.45, 2.75) is 38.2 Å². The van der Waals surface area contributed by atoms with Crippen molar-refractivity contribution in [3.05, 3.63) is 0 Å². The van der Waals surface area contributed by atoms with Crippen LogP contribution in [0.4, 0.5) is 0 Å². The summed E-state index contributed by atoms with van der Waals surface area (Å²) in [5, 5.41) is 57.0. The Kier molecular flexibility index (Phi) is 19.7. The van der Waals surface area contributed by atoms with E-state index in [1.54, 1.807) is 0 Å². The first-order valence-corrected chi connectivity index (χ1v) is 6.16. The van der Waals surface area contributed by atoms with Crippen molar-refractivity contribution in [1.29, 1.82) is 0 Å². The number of rotatable bonds is 8. The number of carbonyl (C=O) groups is 6. The predicted octanol–water partition coefficient (Wildman–Crippen LogP) is -4.11. The molecule has 13 nitrogen and oxygen atoms in total. The number of hydrogen-bond donors (Lipinski definition) is 7. The first-order chi connectivity index (χ1) is 11.1. The van der Waals surface area contributed by atoms with Crippen LogP contribution in [0.3, 0.4) is 0 Å². The predicted molar refractivity (Wildman–Crippen MR) is 76.0 cm³/mol. The Bertz CT molecular complexity index is 485. The molecule has 0 bridgehead atoms. The van der Waals surface area contributed by atoms with E-state index in [0.717, 1.165) is 6.92 Å². The second-order valence-electron chi connectivity index (χ2n) is 4.28. The summed E-state index contributed by atoms with van der Waals surface area (Å²) in [6.45, 7) is 1.08. The maximum Gasteiger partial charge on any atom is 1.00 e. The Labute approximate surface area is 169 Å². The molecule has 0 radical (unpaired) electrons. The number of aliphatic hydroxyl groups is 1. The first kappa shape index (κ1) is 31.5. The normalized spacial score (nSPS) is 9.00. The molecular weight excluding hydrogens is 375 g/mol. The summed E-state index contributed by atoms with van der Waals surface area (Å²) in [7, 11) is 0. The van der Waals surface area contributed by atoms with Crippen molar-refractivity contribution in [1.82, 2.24) is 0 Å². The molecule has 0 fully saturated rings. The molecule has 0 aliphatic heterocycles. The molecule has 0 aromatic rings. The number of carboxylic acids is 6. The molecule has 14 heteroatoms. The van der Waals surface area contributed by atoms with E-state index in [9.17, 15) is 24.0 Å². The van der Waals surface area contributed by atoms with Gasteiger partial charge in [0, 0.05) is 6.92 Å². The van der Waals surface area contributed by atoms with E-state index >= 15 is 0 Å². The van der Waals surface area contributed by atoms with Crippen LogP contribution >= 0.6 is 0 Å². The van der Waals surface area contributed by atoms with Gasteiger partial charge >= 0.3 is 59.4 Å². The zero-order valence-electron chi connectivity index (χ0n) is 14.9. The molecule has 0 atom stereocenters. The smallest absolute Gasteiger partial charge is 1.00 e. The van der Waals surface area contributed by atoms with Gasteiger partial charge in [-0.3, -0.25) is 24.0 Å². The summed E-state index contributed by atoms with van der Waals surface area (Å²) in [4.78, 5) is 58.8. The molecule has 0 rings (SSSR count). The van der Waals surface area contributed by atoms with Crippen molar-refractivity contribution in [3.8, 4) is 0 Å². The van der Waals surface area contributed by atoms with Crippen LogP contribution in [0.2, 0.25) is 0 Å². The zero-order valence-corrected chi connectivity index (χ0v) is 15.9. The summed E-state index contributed by atoms with van der Waals surface area (Å²) in [6, 6.07) is 0. The Balaban J connectivity index is -0.0000000994. The van der Waals surface area contributed by atoms with E-state index in [0.29, 0.717) is 0 Å². The molecule has 0 spiro atoms. The van der Waals surface area contributed by atoms with Crippen molar-refractivity contribution >= 4 is 35.8 Å². The van der Waals surface area contributed by atoms with Gasteiger partial charge in [0.2, 0.25) is 0 Å². The molecule has 0 heterocycles. The Morgan fingerprint density at radius 3 is 1.04 bits per heavy atom. The average molecular weight is 394 g/mol. The van der Waals surface area contributed by atoms with Crippen LogP contribution in [0, 0.1) is 0 Å². The summed E-state index contributed by atoms with van der Waals surface area (Å²) >= 11 is 0. The second-order valence-corrected chi connectivity index (χ2v) is 4.28. The Morgan fingerprint density at radius 1 is 0.692 bits per heavy atom. The van der Waals surface area contributed by atoms with E-state index in [2.05, 4.69) is 0 Å². The van der Waals surface area contributed by atoms with Crippen molar-refractivity contribution in [2.75, 3.05) is 0 Å². The summed E-state index contributed by atoms with van der Waals surface area (Å²) < 4.78 is 0. The van der Waals surface area contributed by atoms with Gasteiger partial charge in [-0.1, -0.05) is 0 Å². The molecule has 0 aromatic carbocycles. The fourth-order valence-electron chi connectivity index (χ4n) is 0.928. The maximum atomic E-state index is 10.3. The van der Waals surface area contributed by atoms with Crippen LogP contribution in [0.1, 0.15) is 34.0 Å². The minimum absolute atomic E-state index is 0. The second kappa shape index (κ2) is 16.3. The van der Waals surface area contributed by atoms with Gasteiger partial charge < -0.3 is 37.2 Å². The van der Waals surface area contributed by atoms with Crippen LogP contribution in [-0.2, 0) is 28.8 Å². The topological polar surface area (TPSA) is 244 Å². The molecule has 0 unspecified atom stereocenters. The van der Waals surface area contributed by atoms with E-state index in [1.165, 1.54) is 0 Å². The molecular formula is C12H19NaO13. The van der Waals surface area contributed by atoms with Crippen molar-refractivity contribution in [3.63, 3.8) is 0 Å². The number of hydrogen-bond acceptors (Lipinski definition) is 7. The van der Waals surface area contributed by atoms with Gasteiger partial charge in [-0.15, -0.1) is 0 Å². The van der Waals surface area contributed by atoms with Crippen molar-refractivity contribution in [2.24, 2.45) is 0 Å². The van der Waals surface area contributed by atoms with Crippen LogP contribution in [0.25, 0.3) is 0 Å². The third-order valence-corrected chi connectivity index (χ3v) is 1.84. The van der Waals surface area contributed by atoms with Gasteiger partial charge in [-0.2, -0.15) is 0 Å². The number of carboxylic acid groups (broad SMARTS) is 6. The van der Waals surface area contributed by atoms with Crippen LogP contribution in [-0.4, -0.2) is 77.2 Å². The summed E-state index contributed by atoms with van der Waals surface area (Å²) in [6.07, 6.45) is -2.88. The van der Waals surface area contributed by atoms with Crippen molar-refractivity contribution < 1.29 is 95.5 Å². The average Bonchev–Trinajstić information content (AvgIpc) is 2.34. The minimum atomic E-state index is -2.74. The van der Waals surface area contributed by atoms with Crippen LogP contribution in [0.15, 0.2) is 0 Å². The van der Waals surface area contributed by atoms with Gasteiger partial charge in [-0.25, -0.2) is 4.79 Å². The van der Waals surface area contributed by atoms with Gasteiger partial charge in [0.05, 0.1) is 25.7 Å². The molecule has 0 aliphatic carbocycles. The van der Waals surface area contributed by atoms with Gasteiger partial charge in [-0.05, 0) is 0 Å². The van der Waals surface area contributed by atoms with Gasteiger partial charge in [0.15, 0.2) is 5.60 Å². The quantitative estimate of drug-likeness (QED) is 0.194. The third kappa shape index (κ3) is 26.7. The van der Waals surface area contributed by atoms with E-state index < -0.39 is 54.3 Å². The zero-order chi connectivity index (χ0) is 20.8.